The summed E-state index contributed by atoms with van der Waals surface area (Å²) in [6.07, 6.45) is 5.80. The lowest BCUT2D eigenvalue weighted by atomic mass is 10.2. The second-order valence-corrected chi connectivity index (χ2v) is 4.80. The van der Waals surface area contributed by atoms with Crippen LogP contribution in [0, 0.1) is 5.92 Å². The quantitative estimate of drug-likeness (QED) is 0.770. The molecule has 2 rings (SSSR count). The van der Waals surface area contributed by atoms with Crippen molar-refractivity contribution < 1.29 is 4.42 Å². The van der Waals surface area contributed by atoms with Crippen molar-refractivity contribution in [3.63, 3.8) is 0 Å². The highest BCUT2D eigenvalue weighted by Gasteiger charge is 2.24. The highest BCUT2D eigenvalue weighted by molar-refractivity contribution is 5.12. The fraction of sp³-hybridized carbons (Fsp3) is 0.692. The van der Waals surface area contributed by atoms with E-state index < -0.39 is 0 Å². The van der Waals surface area contributed by atoms with Gasteiger partial charge in [0.2, 0.25) is 0 Å². The highest BCUT2D eigenvalue weighted by atomic mass is 16.3. The molecule has 1 aliphatic carbocycles. The normalized spacial score (nSPS) is 15.9. The molecule has 1 saturated carbocycles. The molecule has 0 radical (unpaired) electrons. The largest absolute Gasteiger partial charge is 0.468 e. The number of nitrogens with zero attached hydrogens (tertiary/aromatic N) is 1. The van der Waals surface area contributed by atoms with E-state index in [0.29, 0.717) is 6.54 Å². The Morgan fingerprint density at radius 3 is 2.88 bits per heavy atom. The Morgan fingerprint density at radius 1 is 1.50 bits per heavy atom. The van der Waals surface area contributed by atoms with E-state index in [0.717, 1.165) is 30.3 Å². The number of hydrogen-bond donors (Lipinski definition) is 1. The van der Waals surface area contributed by atoms with Crippen LogP contribution in [0.3, 0.4) is 0 Å². The van der Waals surface area contributed by atoms with E-state index in [2.05, 4.69) is 17.9 Å². The zero-order valence-corrected chi connectivity index (χ0v) is 10.1. The molecule has 3 heteroatoms. The molecule has 0 atom stereocenters. The second kappa shape index (κ2) is 5.51. The first-order chi connectivity index (χ1) is 7.81. The van der Waals surface area contributed by atoms with Crippen molar-refractivity contribution in [1.82, 2.24) is 4.90 Å². The molecule has 1 heterocycles. The maximum Gasteiger partial charge on any atom is 0.118 e. The van der Waals surface area contributed by atoms with E-state index >= 15 is 0 Å². The molecule has 1 aromatic heterocycles. The molecule has 0 bridgehead atoms. The van der Waals surface area contributed by atoms with Crippen LogP contribution in [0.15, 0.2) is 16.7 Å². The van der Waals surface area contributed by atoms with Crippen molar-refractivity contribution in [3.8, 4) is 0 Å². The zero-order chi connectivity index (χ0) is 11.4. The van der Waals surface area contributed by atoms with Crippen molar-refractivity contribution in [2.45, 2.75) is 39.3 Å². The van der Waals surface area contributed by atoms with Gasteiger partial charge in [-0.1, -0.05) is 6.92 Å². The van der Waals surface area contributed by atoms with E-state index in [9.17, 15) is 0 Å². The fourth-order valence-electron chi connectivity index (χ4n) is 2.05. The van der Waals surface area contributed by atoms with Gasteiger partial charge in [-0.05, 0) is 37.8 Å². The van der Waals surface area contributed by atoms with Gasteiger partial charge in [0.15, 0.2) is 0 Å². The van der Waals surface area contributed by atoms with Gasteiger partial charge in [-0.2, -0.15) is 0 Å². The lowest BCUT2D eigenvalue weighted by molar-refractivity contribution is 0.235. The Labute approximate surface area is 97.6 Å². The first-order valence-electron chi connectivity index (χ1n) is 6.30. The number of furan rings is 1. The number of rotatable bonds is 7. The molecule has 90 valence electrons. The Kier molecular flexibility index (Phi) is 4.02. The van der Waals surface area contributed by atoms with Crippen LogP contribution >= 0.6 is 0 Å². The van der Waals surface area contributed by atoms with E-state index in [4.69, 9.17) is 10.2 Å². The van der Waals surface area contributed by atoms with Crippen LogP contribution in [0.5, 0.6) is 0 Å². The van der Waals surface area contributed by atoms with Crippen LogP contribution in [0.4, 0.5) is 0 Å². The molecule has 0 aromatic carbocycles. The van der Waals surface area contributed by atoms with Crippen LogP contribution in [0.2, 0.25) is 0 Å². The summed E-state index contributed by atoms with van der Waals surface area (Å²) in [5.74, 6) is 1.99. The first-order valence-corrected chi connectivity index (χ1v) is 6.30. The van der Waals surface area contributed by atoms with Gasteiger partial charge in [-0.25, -0.2) is 0 Å². The van der Waals surface area contributed by atoms with E-state index in [1.165, 1.54) is 25.8 Å². The molecule has 3 nitrogen and oxygen atoms in total. The summed E-state index contributed by atoms with van der Waals surface area (Å²) >= 11 is 0. The number of hydrogen-bond acceptors (Lipinski definition) is 3. The predicted molar refractivity (Wildman–Crippen MR) is 64.9 cm³/mol. The summed E-state index contributed by atoms with van der Waals surface area (Å²) in [6, 6.07) is 2.08. The Balaban J connectivity index is 1.87. The SMILES string of the molecule is CCCN(Cc1cc(CN)co1)CC1CC1. The van der Waals surface area contributed by atoms with Gasteiger partial charge in [0.05, 0.1) is 12.8 Å². The Morgan fingerprint density at radius 2 is 2.31 bits per heavy atom. The average Bonchev–Trinajstić information content (AvgIpc) is 2.96. The van der Waals surface area contributed by atoms with Crippen molar-refractivity contribution in [1.29, 1.82) is 0 Å². The molecule has 16 heavy (non-hydrogen) atoms. The third-order valence-corrected chi connectivity index (χ3v) is 3.08. The van der Waals surface area contributed by atoms with Gasteiger partial charge in [0, 0.05) is 18.7 Å². The summed E-state index contributed by atoms with van der Waals surface area (Å²) in [5.41, 5.74) is 6.67. The molecular formula is C13H22N2O. The molecule has 2 N–H and O–H groups in total. The summed E-state index contributed by atoms with van der Waals surface area (Å²) in [5, 5.41) is 0. The van der Waals surface area contributed by atoms with Crippen molar-refractivity contribution in [2.24, 2.45) is 11.7 Å². The topological polar surface area (TPSA) is 42.4 Å². The summed E-state index contributed by atoms with van der Waals surface area (Å²) in [4.78, 5) is 2.50. The highest BCUT2D eigenvalue weighted by Crippen LogP contribution is 2.30. The van der Waals surface area contributed by atoms with E-state index in [1.54, 1.807) is 6.26 Å². The maximum atomic E-state index is 5.57. The van der Waals surface area contributed by atoms with Crippen LogP contribution in [0.1, 0.15) is 37.5 Å². The molecule has 1 aromatic rings. The van der Waals surface area contributed by atoms with Crippen LogP contribution < -0.4 is 5.73 Å². The number of nitrogens with two attached hydrogens (primary N) is 1. The molecule has 0 aliphatic heterocycles. The molecule has 1 fully saturated rings. The van der Waals surface area contributed by atoms with Crippen LogP contribution in [-0.2, 0) is 13.1 Å². The van der Waals surface area contributed by atoms with Crippen LogP contribution in [-0.4, -0.2) is 18.0 Å². The second-order valence-electron chi connectivity index (χ2n) is 4.80. The summed E-state index contributed by atoms with van der Waals surface area (Å²) in [6.45, 7) is 6.12. The van der Waals surface area contributed by atoms with Crippen molar-refractivity contribution in [2.75, 3.05) is 13.1 Å². The average molecular weight is 222 g/mol. The van der Waals surface area contributed by atoms with Gasteiger partial charge >= 0.3 is 0 Å². The van der Waals surface area contributed by atoms with Crippen molar-refractivity contribution in [3.05, 3.63) is 23.7 Å². The molecule has 0 saturated heterocycles. The van der Waals surface area contributed by atoms with Gasteiger partial charge < -0.3 is 10.2 Å². The summed E-state index contributed by atoms with van der Waals surface area (Å²) in [7, 11) is 0. The standard InChI is InChI=1S/C13H22N2O/c1-2-5-15(8-11-3-4-11)9-13-6-12(7-14)10-16-13/h6,10-11H,2-5,7-9,14H2,1H3. The van der Waals surface area contributed by atoms with Crippen molar-refractivity contribution >= 4 is 0 Å². The molecule has 0 spiro atoms. The molecule has 1 aliphatic rings. The Hall–Kier alpha value is -0.800. The molecular weight excluding hydrogens is 200 g/mol. The van der Waals surface area contributed by atoms with Gasteiger partial charge in [-0.15, -0.1) is 0 Å². The monoisotopic (exact) mass is 222 g/mol. The van der Waals surface area contributed by atoms with E-state index in [-0.39, 0.29) is 0 Å². The predicted octanol–water partition coefficient (Wildman–Crippen LogP) is 2.36. The lowest BCUT2D eigenvalue weighted by Gasteiger charge is -2.19. The van der Waals surface area contributed by atoms with Gasteiger partial charge in [0.1, 0.15) is 5.76 Å². The molecule has 0 unspecified atom stereocenters. The smallest absolute Gasteiger partial charge is 0.118 e. The molecule has 0 amide bonds. The third kappa shape index (κ3) is 3.35. The fourth-order valence-corrected chi connectivity index (χ4v) is 2.05. The zero-order valence-electron chi connectivity index (χ0n) is 10.1. The minimum Gasteiger partial charge on any atom is -0.468 e. The minimum atomic E-state index is 0.569. The Bertz CT molecular complexity index is 317. The first kappa shape index (κ1) is 11.7. The maximum absolute atomic E-state index is 5.57. The van der Waals surface area contributed by atoms with Gasteiger partial charge in [-0.3, -0.25) is 4.90 Å². The van der Waals surface area contributed by atoms with Crippen LogP contribution in [0.25, 0.3) is 0 Å². The lowest BCUT2D eigenvalue weighted by Crippen LogP contribution is -2.26. The third-order valence-electron chi connectivity index (χ3n) is 3.08. The van der Waals surface area contributed by atoms with Gasteiger partial charge in [0.25, 0.3) is 0 Å². The van der Waals surface area contributed by atoms with E-state index in [1.807, 2.05) is 0 Å². The minimum absolute atomic E-state index is 0.569. The summed E-state index contributed by atoms with van der Waals surface area (Å²) < 4.78 is 5.51.